The van der Waals surface area contributed by atoms with Crippen molar-refractivity contribution in [3.05, 3.63) is 76.0 Å². The number of nitrogens with zero attached hydrogens (tertiary/aromatic N) is 1. The molecule has 2 N–H and O–H groups in total. The molecule has 1 heterocycles. The first-order valence-electron chi connectivity index (χ1n) is 10.4. The Kier molecular flexibility index (Phi) is 7.53. The van der Waals surface area contributed by atoms with Crippen molar-refractivity contribution in [1.82, 2.24) is 10.2 Å². The number of ether oxygens (including phenoxy) is 1. The molecule has 1 aliphatic rings. The zero-order valence-electron chi connectivity index (χ0n) is 18.3. The summed E-state index contributed by atoms with van der Waals surface area (Å²) in [4.78, 5) is 39.6. The van der Waals surface area contributed by atoms with E-state index in [-0.39, 0.29) is 11.9 Å². The van der Waals surface area contributed by atoms with Crippen LogP contribution in [0, 0.1) is 0 Å². The average Bonchev–Trinajstić information content (AvgIpc) is 2.78. The summed E-state index contributed by atoms with van der Waals surface area (Å²) >= 11 is 5.98. The number of benzene rings is 2. The number of hydrogen-bond acceptors (Lipinski definition) is 4. The maximum Gasteiger partial charge on any atom is 0.337 e. The van der Waals surface area contributed by atoms with Gasteiger partial charge in [-0.15, -0.1) is 0 Å². The average molecular weight is 456 g/mol. The van der Waals surface area contributed by atoms with Gasteiger partial charge in [-0.2, -0.15) is 0 Å². The maximum absolute atomic E-state index is 12.8. The molecule has 0 aromatic heterocycles. The highest BCUT2D eigenvalue weighted by Crippen LogP contribution is 2.32. The Bertz CT molecular complexity index is 1070. The molecule has 0 spiro atoms. The van der Waals surface area contributed by atoms with E-state index in [0.717, 1.165) is 12.8 Å². The number of rotatable bonds is 7. The molecule has 3 rings (SSSR count). The Morgan fingerprint density at radius 3 is 2.62 bits per heavy atom. The smallest absolute Gasteiger partial charge is 0.337 e. The number of esters is 1. The number of methoxy groups -OCH3 is 1. The molecule has 0 bridgehead atoms. The third-order valence-electron chi connectivity index (χ3n) is 5.30. The van der Waals surface area contributed by atoms with E-state index in [4.69, 9.17) is 16.3 Å². The number of allylic oxidation sites excluding steroid dienone is 1. The molecule has 0 aliphatic carbocycles. The molecule has 168 valence electrons. The Balaban J connectivity index is 1.92. The van der Waals surface area contributed by atoms with E-state index in [2.05, 4.69) is 10.6 Å². The number of anilines is 1. The van der Waals surface area contributed by atoms with Crippen LogP contribution in [0.1, 0.15) is 48.7 Å². The topological polar surface area (TPSA) is 87.7 Å². The summed E-state index contributed by atoms with van der Waals surface area (Å²) in [6, 6.07) is 12.7. The Labute approximate surface area is 192 Å². The van der Waals surface area contributed by atoms with E-state index in [1.165, 1.54) is 7.11 Å². The van der Waals surface area contributed by atoms with Crippen molar-refractivity contribution in [2.45, 2.75) is 32.7 Å². The summed E-state index contributed by atoms with van der Waals surface area (Å²) in [5.74, 6) is -0.828. The fraction of sp³-hybridized carbons (Fsp3) is 0.292. The number of unbranched alkanes of at least 4 members (excludes halogenated alkanes) is 1. The van der Waals surface area contributed by atoms with E-state index in [1.54, 1.807) is 60.4 Å². The zero-order valence-corrected chi connectivity index (χ0v) is 19.0. The second kappa shape index (κ2) is 10.3. The van der Waals surface area contributed by atoms with E-state index in [0.29, 0.717) is 39.7 Å². The minimum Gasteiger partial charge on any atom is -0.466 e. The number of nitrogens with one attached hydrogen (secondary N) is 2. The minimum atomic E-state index is -0.698. The Hall–Kier alpha value is -3.32. The highest BCUT2D eigenvalue weighted by atomic mass is 35.5. The van der Waals surface area contributed by atoms with Crippen molar-refractivity contribution < 1.29 is 19.1 Å². The van der Waals surface area contributed by atoms with Crippen molar-refractivity contribution in [2.24, 2.45) is 0 Å². The SMILES string of the molecule is CCCCN1C(=O)N[C@H](c2cccc(NC(=O)c3cccc(Cl)c3)c2)C(C(=O)OC)=C1C. The van der Waals surface area contributed by atoms with Crippen molar-refractivity contribution in [3.8, 4) is 0 Å². The largest absolute Gasteiger partial charge is 0.466 e. The van der Waals surface area contributed by atoms with Crippen LogP contribution < -0.4 is 10.6 Å². The molecule has 8 heteroatoms. The number of carbonyl (C=O) groups excluding carboxylic acids is 3. The fourth-order valence-corrected chi connectivity index (χ4v) is 3.81. The van der Waals surface area contributed by atoms with Crippen molar-refractivity contribution >= 4 is 35.2 Å². The maximum atomic E-state index is 12.8. The Morgan fingerprint density at radius 1 is 1.19 bits per heavy atom. The molecule has 1 atom stereocenters. The normalized spacial score (nSPS) is 15.9. The van der Waals surface area contributed by atoms with E-state index < -0.39 is 12.0 Å². The highest BCUT2D eigenvalue weighted by Gasteiger charge is 2.36. The van der Waals surface area contributed by atoms with Gasteiger partial charge in [0.25, 0.3) is 5.91 Å². The minimum absolute atomic E-state index is 0.276. The molecular weight excluding hydrogens is 430 g/mol. The van der Waals surface area contributed by atoms with Crippen molar-refractivity contribution in [1.29, 1.82) is 0 Å². The van der Waals surface area contributed by atoms with Crippen LogP contribution in [0.5, 0.6) is 0 Å². The van der Waals surface area contributed by atoms with Gasteiger partial charge in [0.2, 0.25) is 0 Å². The van der Waals surface area contributed by atoms with Gasteiger partial charge in [-0.05, 0) is 49.2 Å². The molecule has 0 saturated heterocycles. The molecule has 1 aliphatic heterocycles. The molecule has 7 nitrogen and oxygen atoms in total. The summed E-state index contributed by atoms with van der Waals surface area (Å²) in [6.07, 6.45) is 1.73. The van der Waals surface area contributed by atoms with Gasteiger partial charge in [0, 0.05) is 28.5 Å². The van der Waals surface area contributed by atoms with Crippen molar-refractivity contribution in [3.63, 3.8) is 0 Å². The summed E-state index contributed by atoms with van der Waals surface area (Å²) in [7, 11) is 1.31. The van der Waals surface area contributed by atoms with E-state index in [9.17, 15) is 14.4 Å². The molecule has 2 aromatic rings. The summed E-state index contributed by atoms with van der Waals surface area (Å²) in [5.41, 5.74) is 2.52. The second-order valence-corrected chi connectivity index (χ2v) is 7.90. The number of hydrogen-bond donors (Lipinski definition) is 2. The predicted molar refractivity (Wildman–Crippen MR) is 123 cm³/mol. The van der Waals surface area contributed by atoms with Gasteiger partial charge in [-0.3, -0.25) is 9.69 Å². The quantitative estimate of drug-likeness (QED) is 0.581. The monoisotopic (exact) mass is 455 g/mol. The molecule has 32 heavy (non-hydrogen) atoms. The molecule has 0 fully saturated rings. The van der Waals surface area contributed by atoms with Crippen LogP contribution in [-0.4, -0.2) is 36.5 Å². The third kappa shape index (κ3) is 5.11. The van der Waals surface area contributed by atoms with Gasteiger partial charge in [0.1, 0.15) is 0 Å². The molecule has 2 aromatic carbocycles. The van der Waals surface area contributed by atoms with Crippen LogP contribution in [0.2, 0.25) is 5.02 Å². The highest BCUT2D eigenvalue weighted by molar-refractivity contribution is 6.31. The number of carbonyl (C=O) groups is 3. The standard InChI is InChI=1S/C24H26ClN3O4/c1-4-5-12-28-15(2)20(23(30)32-3)21(27-24(28)31)16-8-7-11-19(14-16)26-22(29)17-9-6-10-18(25)13-17/h6-11,13-14,21H,4-5,12H2,1-3H3,(H,26,29)(H,27,31)/t21-/m1/s1. The summed E-state index contributed by atoms with van der Waals surface area (Å²) < 4.78 is 5.01. The van der Waals surface area contributed by atoms with Crippen LogP contribution in [0.25, 0.3) is 0 Å². The van der Waals surface area contributed by atoms with Gasteiger partial charge < -0.3 is 15.4 Å². The van der Waals surface area contributed by atoms with E-state index in [1.807, 2.05) is 6.92 Å². The van der Waals surface area contributed by atoms with E-state index >= 15 is 0 Å². The van der Waals surface area contributed by atoms with Gasteiger partial charge >= 0.3 is 12.0 Å². The molecular formula is C24H26ClN3O4. The van der Waals surface area contributed by atoms with Crippen LogP contribution in [0.4, 0.5) is 10.5 Å². The first-order valence-corrected chi connectivity index (χ1v) is 10.8. The van der Waals surface area contributed by atoms with Crippen LogP contribution in [0.3, 0.4) is 0 Å². The Morgan fingerprint density at radius 2 is 1.94 bits per heavy atom. The lowest BCUT2D eigenvalue weighted by molar-refractivity contribution is -0.136. The first kappa shape index (κ1) is 23.3. The lowest BCUT2D eigenvalue weighted by Crippen LogP contribution is -2.48. The molecule has 3 amide bonds. The zero-order chi connectivity index (χ0) is 23.3. The molecule has 0 radical (unpaired) electrons. The summed E-state index contributed by atoms with van der Waals surface area (Å²) in [5, 5.41) is 6.20. The van der Waals surface area contributed by atoms with Crippen LogP contribution >= 0.6 is 11.6 Å². The number of urea groups is 1. The summed E-state index contributed by atoms with van der Waals surface area (Å²) in [6.45, 7) is 4.30. The van der Waals surface area contributed by atoms with Crippen LogP contribution in [-0.2, 0) is 9.53 Å². The molecule has 0 unspecified atom stereocenters. The van der Waals surface area contributed by atoms with Gasteiger partial charge in [0.05, 0.1) is 18.7 Å². The third-order valence-corrected chi connectivity index (χ3v) is 5.54. The first-order chi connectivity index (χ1) is 15.3. The fourth-order valence-electron chi connectivity index (χ4n) is 3.62. The lowest BCUT2D eigenvalue weighted by Gasteiger charge is -2.35. The number of amides is 3. The van der Waals surface area contributed by atoms with Gasteiger partial charge in [-0.25, -0.2) is 9.59 Å². The second-order valence-electron chi connectivity index (χ2n) is 7.47. The van der Waals surface area contributed by atoms with Crippen LogP contribution in [0.15, 0.2) is 59.8 Å². The van der Waals surface area contributed by atoms with Gasteiger partial charge in [-0.1, -0.05) is 43.1 Å². The lowest BCUT2D eigenvalue weighted by atomic mass is 9.94. The predicted octanol–water partition coefficient (Wildman–Crippen LogP) is 4.91. The van der Waals surface area contributed by atoms with Gasteiger partial charge in [0.15, 0.2) is 0 Å². The van der Waals surface area contributed by atoms with Crippen molar-refractivity contribution in [2.75, 3.05) is 19.0 Å². The molecule has 0 saturated carbocycles. The number of halogens is 1.